The first kappa shape index (κ1) is 13.7. The predicted octanol–water partition coefficient (Wildman–Crippen LogP) is 1.64. The number of aliphatic hydroxyl groups excluding tert-OH is 1. The molecule has 4 nitrogen and oxygen atoms in total. The molecule has 0 aliphatic heterocycles. The standard InChI is InChI=1S/C12H15ClN2O2/c1-9(16)6-7-14-12(17)5-3-10-2-4-11(13)15-8-10/h2-5,8-9,16H,6-7H2,1H3,(H,14,17)/b5-3+. The van der Waals surface area contributed by atoms with E-state index < -0.39 is 6.10 Å². The van der Waals surface area contributed by atoms with Crippen LogP contribution < -0.4 is 5.32 Å². The summed E-state index contributed by atoms with van der Waals surface area (Å²) in [5.74, 6) is -0.194. The van der Waals surface area contributed by atoms with Gasteiger partial charge in [-0.15, -0.1) is 0 Å². The lowest BCUT2D eigenvalue weighted by Gasteiger charge is -2.03. The summed E-state index contributed by atoms with van der Waals surface area (Å²) >= 11 is 5.63. The molecule has 1 amide bonds. The van der Waals surface area contributed by atoms with Crippen LogP contribution in [0.15, 0.2) is 24.4 Å². The van der Waals surface area contributed by atoms with E-state index in [0.717, 1.165) is 5.56 Å². The normalized spacial score (nSPS) is 12.6. The smallest absolute Gasteiger partial charge is 0.244 e. The van der Waals surface area contributed by atoms with Gasteiger partial charge in [-0.25, -0.2) is 4.98 Å². The van der Waals surface area contributed by atoms with Crippen LogP contribution in [0.25, 0.3) is 6.08 Å². The molecule has 0 aliphatic rings. The zero-order valence-electron chi connectivity index (χ0n) is 9.56. The van der Waals surface area contributed by atoms with Gasteiger partial charge in [-0.05, 0) is 31.1 Å². The number of nitrogens with one attached hydrogen (secondary N) is 1. The van der Waals surface area contributed by atoms with Crippen LogP contribution in [-0.4, -0.2) is 28.6 Å². The number of amides is 1. The Morgan fingerprint density at radius 3 is 3.00 bits per heavy atom. The molecule has 1 rings (SSSR count). The Labute approximate surface area is 105 Å². The highest BCUT2D eigenvalue weighted by Crippen LogP contribution is 2.06. The number of aromatic nitrogens is 1. The molecule has 1 unspecified atom stereocenters. The van der Waals surface area contributed by atoms with Gasteiger partial charge in [0.1, 0.15) is 5.15 Å². The topological polar surface area (TPSA) is 62.2 Å². The first-order valence-electron chi connectivity index (χ1n) is 5.33. The number of hydrogen-bond acceptors (Lipinski definition) is 3. The maximum atomic E-state index is 11.3. The molecule has 5 heteroatoms. The number of carbonyl (C=O) groups excluding carboxylic acids is 1. The maximum Gasteiger partial charge on any atom is 0.244 e. The molecule has 1 atom stereocenters. The van der Waals surface area contributed by atoms with Crippen molar-refractivity contribution in [3.63, 3.8) is 0 Å². The molecule has 0 aliphatic carbocycles. The molecular weight excluding hydrogens is 240 g/mol. The molecule has 0 saturated heterocycles. The highest BCUT2D eigenvalue weighted by atomic mass is 35.5. The number of pyridine rings is 1. The van der Waals surface area contributed by atoms with E-state index in [1.165, 1.54) is 6.08 Å². The second-order valence-electron chi connectivity index (χ2n) is 3.68. The summed E-state index contributed by atoms with van der Waals surface area (Å²) in [5, 5.41) is 12.1. The quantitative estimate of drug-likeness (QED) is 0.620. The monoisotopic (exact) mass is 254 g/mol. The maximum absolute atomic E-state index is 11.3. The molecule has 0 saturated carbocycles. The Morgan fingerprint density at radius 2 is 2.41 bits per heavy atom. The minimum atomic E-state index is -0.403. The van der Waals surface area contributed by atoms with Gasteiger partial charge in [-0.1, -0.05) is 17.7 Å². The second kappa shape index (κ2) is 7.04. The molecule has 2 N–H and O–H groups in total. The molecule has 0 spiro atoms. The number of hydrogen-bond donors (Lipinski definition) is 2. The van der Waals surface area contributed by atoms with E-state index in [4.69, 9.17) is 16.7 Å². The van der Waals surface area contributed by atoms with Crippen LogP contribution in [0, 0.1) is 0 Å². The Hall–Kier alpha value is -1.39. The average molecular weight is 255 g/mol. The van der Waals surface area contributed by atoms with Crippen molar-refractivity contribution in [3.05, 3.63) is 35.1 Å². The molecule has 1 aromatic heterocycles. The summed E-state index contributed by atoms with van der Waals surface area (Å²) in [4.78, 5) is 15.2. The minimum Gasteiger partial charge on any atom is -0.393 e. The van der Waals surface area contributed by atoms with Crippen LogP contribution in [0.1, 0.15) is 18.9 Å². The van der Waals surface area contributed by atoms with E-state index in [9.17, 15) is 4.79 Å². The molecule has 92 valence electrons. The third-order valence-electron chi connectivity index (χ3n) is 2.04. The fraction of sp³-hybridized carbons (Fsp3) is 0.333. The van der Waals surface area contributed by atoms with Crippen molar-refractivity contribution in [2.45, 2.75) is 19.4 Å². The highest BCUT2D eigenvalue weighted by molar-refractivity contribution is 6.29. The minimum absolute atomic E-state index is 0.194. The highest BCUT2D eigenvalue weighted by Gasteiger charge is 1.98. The third-order valence-corrected chi connectivity index (χ3v) is 2.26. The molecule has 0 radical (unpaired) electrons. The number of rotatable bonds is 5. The van der Waals surface area contributed by atoms with Crippen LogP contribution in [0.2, 0.25) is 5.15 Å². The lowest BCUT2D eigenvalue weighted by Crippen LogP contribution is -2.24. The molecule has 1 aromatic rings. The van der Waals surface area contributed by atoms with Crippen molar-refractivity contribution < 1.29 is 9.90 Å². The van der Waals surface area contributed by atoms with Crippen LogP contribution in [0.4, 0.5) is 0 Å². The summed E-state index contributed by atoms with van der Waals surface area (Å²) in [7, 11) is 0. The van der Waals surface area contributed by atoms with Crippen molar-refractivity contribution in [1.29, 1.82) is 0 Å². The van der Waals surface area contributed by atoms with Crippen LogP contribution in [-0.2, 0) is 4.79 Å². The Kier molecular flexibility index (Phi) is 5.66. The fourth-order valence-electron chi connectivity index (χ4n) is 1.12. The van der Waals surface area contributed by atoms with Gasteiger partial charge in [-0.3, -0.25) is 4.79 Å². The Bertz CT molecular complexity index is 388. The van der Waals surface area contributed by atoms with Gasteiger partial charge in [0.15, 0.2) is 0 Å². The van der Waals surface area contributed by atoms with Gasteiger partial charge in [0.25, 0.3) is 0 Å². The van der Waals surface area contributed by atoms with Gasteiger partial charge >= 0.3 is 0 Å². The van der Waals surface area contributed by atoms with Crippen LogP contribution >= 0.6 is 11.6 Å². The van der Waals surface area contributed by atoms with Gasteiger partial charge in [0, 0.05) is 18.8 Å². The van der Waals surface area contributed by atoms with E-state index in [1.807, 2.05) is 0 Å². The van der Waals surface area contributed by atoms with Crippen LogP contribution in [0.3, 0.4) is 0 Å². The van der Waals surface area contributed by atoms with Gasteiger partial charge in [-0.2, -0.15) is 0 Å². The van der Waals surface area contributed by atoms with E-state index >= 15 is 0 Å². The van der Waals surface area contributed by atoms with Crippen molar-refractivity contribution in [2.24, 2.45) is 0 Å². The van der Waals surface area contributed by atoms with Gasteiger partial charge in [0.2, 0.25) is 5.91 Å². The predicted molar refractivity (Wildman–Crippen MR) is 67.6 cm³/mol. The summed E-state index contributed by atoms with van der Waals surface area (Å²) in [6, 6.07) is 3.43. The van der Waals surface area contributed by atoms with E-state index in [1.54, 1.807) is 31.3 Å². The molecule has 0 fully saturated rings. The number of aliphatic hydroxyl groups is 1. The van der Waals surface area contributed by atoms with Crippen molar-refractivity contribution >= 4 is 23.6 Å². The fourth-order valence-corrected chi connectivity index (χ4v) is 1.23. The second-order valence-corrected chi connectivity index (χ2v) is 4.06. The summed E-state index contributed by atoms with van der Waals surface area (Å²) in [5.41, 5.74) is 0.806. The Balaban J connectivity index is 2.37. The summed E-state index contributed by atoms with van der Waals surface area (Å²) in [6.45, 7) is 2.14. The SMILES string of the molecule is CC(O)CCNC(=O)/C=C/c1ccc(Cl)nc1. The van der Waals surface area contributed by atoms with E-state index in [-0.39, 0.29) is 5.91 Å². The first-order valence-corrected chi connectivity index (χ1v) is 5.71. The molecule has 0 aromatic carbocycles. The zero-order chi connectivity index (χ0) is 12.7. The zero-order valence-corrected chi connectivity index (χ0v) is 10.3. The van der Waals surface area contributed by atoms with Crippen molar-refractivity contribution in [2.75, 3.05) is 6.54 Å². The molecule has 0 bridgehead atoms. The first-order chi connectivity index (χ1) is 8.08. The molecular formula is C12H15ClN2O2. The van der Waals surface area contributed by atoms with Crippen molar-refractivity contribution in [3.8, 4) is 0 Å². The van der Waals surface area contributed by atoms with Crippen molar-refractivity contribution in [1.82, 2.24) is 10.3 Å². The number of nitrogens with zero attached hydrogens (tertiary/aromatic N) is 1. The lowest BCUT2D eigenvalue weighted by molar-refractivity contribution is -0.116. The van der Waals surface area contributed by atoms with E-state index in [2.05, 4.69) is 10.3 Å². The Morgan fingerprint density at radius 1 is 1.65 bits per heavy atom. The largest absolute Gasteiger partial charge is 0.393 e. The lowest BCUT2D eigenvalue weighted by atomic mass is 10.2. The summed E-state index contributed by atoms with van der Waals surface area (Å²) in [6.07, 6.45) is 4.80. The average Bonchev–Trinajstić information content (AvgIpc) is 2.28. The molecule has 1 heterocycles. The van der Waals surface area contributed by atoms with Crippen LogP contribution in [0.5, 0.6) is 0 Å². The third kappa shape index (κ3) is 6.04. The number of carbonyl (C=O) groups is 1. The van der Waals surface area contributed by atoms with Gasteiger partial charge in [0.05, 0.1) is 6.10 Å². The summed E-state index contributed by atoms with van der Waals surface area (Å²) < 4.78 is 0. The molecule has 17 heavy (non-hydrogen) atoms. The number of halogens is 1. The van der Waals surface area contributed by atoms with Gasteiger partial charge < -0.3 is 10.4 Å². The van der Waals surface area contributed by atoms with E-state index in [0.29, 0.717) is 18.1 Å².